The van der Waals surface area contributed by atoms with Crippen LogP contribution in [-0.4, -0.2) is 34.0 Å². The fourth-order valence-corrected chi connectivity index (χ4v) is 3.79. The van der Waals surface area contributed by atoms with Crippen molar-refractivity contribution in [2.24, 2.45) is 0 Å². The van der Waals surface area contributed by atoms with E-state index >= 15 is 0 Å². The van der Waals surface area contributed by atoms with Gasteiger partial charge in [-0.25, -0.2) is 4.39 Å². The molecule has 0 aliphatic carbocycles. The molecule has 0 N–H and O–H groups in total. The number of nitrogens with zero attached hydrogens (tertiary/aromatic N) is 3. The lowest BCUT2D eigenvalue weighted by atomic mass is 9.96. The second-order valence-electron chi connectivity index (χ2n) is 7.35. The van der Waals surface area contributed by atoms with Gasteiger partial charge in [0.1, 0.15) is 5.82 Å². The molecule has 0 saturated carbocycles. The van der Waals surface area contributed by atoms with Crippen LogP contribution >= 0.6 is 11.6 Å². The lowest BCUT2D eigenvalue weighted by Crippen LogP contribution is -2.39. The number of carbonyl (C=O) groups excluding carboxylic acids is 1. The summed E-state index contributed by atoms with van der Waals surface area (Å²) < 4.78 is 19.4. The van der Waals surface area contributed by atoms with Crippen molar-refractivity contribution in [1.82, 2.24) is 15.0 Å². The Balaban J connectivity index is 1.37. The van der Waals surface area contributed by atoms with Gasteiger partial charge in [0, 0.05) is 35.2 Å². The van der Waals surface area contributed by atoms with Gasteiger partial charge in [0.25, 0.3) is 0 Å². The number of likely N-dealkylation sites (tertiary alicyclic amines) is 1. The van der Waals surface area contributed by atoms with Gasteiger partial charge in [-0.15, -0.1) is 0 Å². The summed E-state index contributed by atoms with van der Waals surface area (Å²) >= 11 is 6.04. The minimum atomic E-state index is -0.449. The van der Waals surface area contributed by atoms with Crippen LogP contribution in [0.1, 0.15) is 35.8 Å². The van der Waals surface area contributed by atoms with Gasteiger partial charge in [-0.2, -0.15) is 4.98 Å². The van der Waals surface area contributed by atoms with E-state index in [2.05, 4.69) is 10.1 Å². The zero-order valence-electron chi connectivity index (χ0n) is 16.1. The molecule has 1 amide bonds. The predicted molar refractivity (Wildman–Crippen MR) is 108 cm³/mol. The molecule has 0 unspecified atom stereocenters. The highest BCUT2D eigenvalue weighted by Gasteiger charge is 2.28. The van der Waals surface area contributed by atoms with Gasteiger partial charge in [-0.05, 0) is 31.9 Å². The number of benzene rings is 2. The summed E-state index contributed by atoms with van der Waals surface area (Å²) in [5.74, 6) is 0.719. The standard InChI is InChI=1S/C22H21ClFN3O2/c1-14-5-7-15(8-6-14)21-25-22(29-26-21)16-9-11-27(12-10-16)20(28)13-17-18(23)3-2-4-19(17)24/h2-8,16H,9-13H2,1H3. The van der Waals surface area contributed by atoms with Gasteiger partial charge in [0.15, 0.2) is 0 Å². The van der Waals surface area contributed by atoms with E-state index in [0.717, 1.165) is 18.4 Å². The molecule has 5 nitrogen and oxygen atoms in total. The number of hydrogen-bond donors (Lipinski definition) is 0. The number of halogens is 2. The number of rotatable bonds is 4. The second kappa shape index (κ2) is 8.33. The van der Waals surface area contributed by atoms with Crippen molar-refractivity contribution in [3.8, 4) is 11.4 Å². The third-order valence-electron chi connectivity index (χ3n) is 5.34. The van der Waals surface area contributed by atoms with Crippen molar-refractivity contribution in [3.05, 3.63) is 70.3 Å². The van der Waals surface area contributed by atoms with E-state index in [1.54, 1.807) is 11.0 Å². The van der Waals surface area contributed by atoms with Crippen molar-refractivity contribution in [1.29, 1.82) is 0 Å². The van der Waals surface area contributed by atoms with E-state index in [4.69, 9.17) is 16.1 Å². The molecule has 150 valence electrons. The van der Waals surface area contributed by atoms with Crippen molar-refractivity contribution in [2.75, 3.05) is 13.1 Å². The highest BCUT2D eigenvalue weighted by Crippen LogP contribution is 2.29. The Morgan fingerprint density at radius 2 is 1.93 bits per heavy atom. The van der Waals surface area contributed by atoms with Crippen molar-refractivity contribution >= 4 is 17.5 Å². The van der Waals surface area contributed by atoms with E-state index in [-0.39, 0.29) is 28.8 Å². The van der Waals surface area contributed by atoms with Crippen molar-refractivity contribution in [2.45, 2.75) is 32.1 Å². The first-order valence-electron chi connectivity index (χ1n) is 9.62. The van der Waals surface area contributed by atoms with Gasteiger partial charge in [0.05, 0.1) is 6.42 Å². The Labute approximate surface area is 173 Å². The molecule has 0 radical (unpaired) electrons. The van der Waals surface area contributed by atoms with Crippen LogP contribution in [0.4, 0.5) is 4.39 Å². The largest absolute Gasteiger partial charge is 0.342 e. The molecule has 29 heavy (non-hydrogen) atoms. The van der Waals surface area contributed by atoms with E-state index in [9.17, 15) is 9.18 Å². The number of hydrogen-bond acceptors (Lipinski definition) is 4. The number of aryl methyl sites for hydroxylation is 1. The second-order valence-corrected chi connectivity index (χ2v) is 7.76. The van der Waals surface area contributed by atoms with Crippen LogP contribution in [0.3, 0.4) is 0 Å². The highest BCUT2D eigenvalue weighted by molar-refractivity contribution is 6.31. The molecule has 7 heteroatoms. The molecule has 0 atom stereocenters. The summed E-state index contributed by atoms with van der Waals surface area (Å²) in [4.78, 5) is 18.9. The maximum absolute atomic E-state index is 13.9. The number of carbonyl (C=O) groups is 1. The number of piperidine rings is 1. The zero-order chi connectivity index (χ0) is 20.4. The molecule has 0 bridgehead atoms. The van der Waals surface area contributed by atoms with E-state index in [0.29, 0.717) is 24.8 Å². The maximum Gasteiger partial charge on any atom is 0.230 e. The summed E-state index contributed by atoms with van der Waals surface area (Å²) in [6, 6.07) is 12.4. The Morgan fingerprint density at radius 3 is 2.62 bits per heavy atom. The first kappa shape index (κ1) is 19.6. The fraction of sp³-hybridized carbons (Fsp3) is 0.318. The average molecular weight is 414 g/mol. The van der Waals surface area contributed by atoms with E-state index in [1.807, 2.05) is 31.2 Å². The monoisotopic (exact) mass is 413 g/mol. The molecule has 3 aromatic rings. The SMILES string of the molecule is Cc1ccc(-c2noc(C3CCN(C(=O)Cc4c(F)cccc4Cl)CC3)n2)cc1. The smallest absolute Gasteiger partial charge is 0.230 e. The Bertz CT molecular complexity index is 991. The third-order valence-corrected chi connectivity index (χ3v) is 5.69. The van der Waals surface area contributed by atoms with Crippen LogP contribution in [-0.2, 0) is 11.2 Å². The van der Waals surface area contributed by atoms with Crippen LogP contribution in [0.5, 0.6) is 0 Å². The Morgan fingerprint density at radius 1 is 1.21 bits per heavy atom. The van der Waals surface area contributed by atoms with Crippen LogP contribution < -0.4 is 0 Å². The molecule has 1 aliphatic rings. The summed E-state index contributed by atoms with van der Waals surface area (Å²) in [7, 11) is 0. The summed E-state index contributed by atoms with van der Waals surface area (Å²) in [5, 5.41) is 4.38. The van der Waals surface area contributed by atoms with Crippen LogP contribution in [0.25, 0.3) is 11.4 Å². The molecule has 1 aliphatic heterocycles. The van der Waals surface area contributed by atoms with E-state index < -0.39 is 5.82 Å². The highest BCUT2D eigenvalue weighted by atomic mass is 35.5. The summed E-state index contributed by atoms with van der Waals surface area (Å²) in [6.07, 6.45) is 1.42. The van der Waals surface area contributed by atoms with Crippen LogP contribution in [0.2, 0.25) is 5.02 Å². The van der Waals surface area contributed by atoms with Gasteiger partial charge in [0.2, 0.25) is 17.6 Å². The predicted octanol–water partition coefficient (Wildman–Crippen LogP) is 4.79. The average Bonchev–Trinajstić information content (AvgIpc) is 3.21. The Kier molecular flexibility index (Phi) is 5.62. The number of aromatic nitrogens is 2. The van der Waals surface area contributed by atoms with Crippen molar-refractivity contribution in [3.63, 3.8) is 0 Å². The third kappa shape index (κ3) is 4.32. The normalized spacial score (nSPS) is 14.9. The van der Waals surface area contributed by atoms with Gasteiger partial charge >= 0.3 is 0 Å². The molecule has 4 rings (SSSR count). The van der Waals surface area contributed by atoms with Crippen LogP contribution in [0.15, 0.2) is 47.0 Å². The van der Waals surface area contributed by atoms with Gasteiger partial charge in [-0.3, -0.25) is 4.79 Å². The lowest BCUT2D eigenvalue weighted by molar-refractivity contribution is -0.131. The Hall–Kier alpha value is -2.73. The minimum Gasteiger partial charge on any atom is -0.342 e. The van der Waals surface area contributed by atoms with Gasteiger partial charge < -0.3 is 9.42 Å². The first-order valence-corrected chi connectivity index (χ1v) is 10.0. The zero-order valence-corrected chi connectivity index (χ0v) is 16.8. The molecule has 0 spiro atoms. The topological polar surface area (TPSA) is 59.2 Å². The molecule has 2 aromatic carbocycles. The lowest BCUT2D eigenvalue weighted by Gasteiger charge is -2.30. The summed E-state index contributed by atoms with van der Waals surface area (Å²) in [6.45, 7) is 3.16. The molecular formula is C22H21ClFN3O2. The fourth-order valence-electron chi connectivity index (χ4n) is 3.56. The molecule has 1 fully saturated rings. The maximum atomic E-state index is 13.9. The molecular weight excluding hydrogens is 393 g/mol. The minimum absolute atomic E-state index is 0.0334. The summed E-state index contributed by atoms with van der Waals surface area (Å²) in [5.41, 5.74) is 2.34. The van der Waals surface area contributed by atoms with Crippen LogP contribution in [0, 0.1) is 12.7 Å². The quantitative estimate of drug-likeness (QED) is 0.617. The number of amides is 1. The van der Waals surface area contributed by atoms with E-state index in [1.165, 1.54) is 17.7 Å². The van der Waals surface area contributed by atoms with Crippen molar-refractivity contribution < 1.29 is 13.7 Å². The first-order chi connectivity index (χ1) is 14.0. The molecule has 2 heterocycles. The molecule has 1 aromatic heterocycles. The molecule has 1 saturated heterocycles. The van der Waals surface area contributed by atoms with Gasteiger partial charge in [-0.1, -0.05) is 52.7 Å².